The number of fused-ring (bicyclic) bond motifs is 1. The standard InChI is InChI=1S/C8H10/c1-3-7-5-2-6-8(7)4-1/h1-3,6-8H,4-5H2/t7-,8+/m1/s1. The smallest absolute Gasteiger partial charge is 0.0133 e. The molecule has 0 unspecified atom stereocenters. The number of hydrogen-bond acceptors (Lipinski definition) is 0. The fourth-order valence-corrected chi connectivity index (χ4v) is 1.61. The molecule has 2 aliphatic rings. The monoisotopic (exact) mass is 106 g/mol. The summed E-state index contributed by atoms with van der Waals surface area (Å²) in [5.41, 5.74) is 0. The van der Waals surface area contributed by atoms with E-state index in [9.17, 15) is 0 Å². The van der Waals surface area contributed by atoms with E-state index in [1.807, 2.05) is 0 Å². The van der Waals surface area contributed by atoms with E-state index in [0.29, 0.717) is 0 Å². The van der Waals surface area contributed by atoms with E-state index in [-0.39, 0.29) is 0 Å². The Bertz CT molecular complexity index is 124. The summed E-state index contributed by atoms with van der Waals surface area (Å²) in [6, 6.07) is 0. The molecule has 0 aromatic carbocycles. The molecule has 2 rings (SSSR count). The van der Waals surface area contributed by atoms with Crippen molar-refractivity contribution >= 4 is 0 Å². The van der Waals surface area contributed by atoms with Crippen molar-refractivity contribution in [2.75, 3.05) is 0 Å². The van der Waals surface area contributed by atoms with Gasteiger partial charge in [0.25, 0.3) is 0 Å². The molecule has 0 aliphatic heterocycles. The van der Waals surface area contributed by atoms with Crippen molar-refractivity contribution < 1.29 is 0 Å². The van der Waals surface area contributed by atoms with Crippen molar-refractivity contribution in [1.29, 1.82) is 0 Å². The van der Waals surface area contributed by atoms with Crippen molar-refractivity contribution in [2.24, 2.45) is 11.8 Å². The third-order valence-corrected chi connectivity index (χ3v) is 2.13. The largest absolute Gasteiger partial charge is 0.0876 e. The zero-order valence-corrected chi connectivity index (χ0v) is 4.88. The summed E-state index contributed by atoms with van der Waals surface area (Å²) in [5, 5.41) is 0. The second-order valence-corrected chi connectivity index (χ2v) is 2.66. The van der Waals surface area contributed by atoms with Crippen molar-refractivity contribution in [1.82, 2.24) is 0 Å². The Hall–Kier alpha value is -0.520. The van der Waals surface area contributed by atoms with Crippen LogP contribution in [0.15, 0.2) is 24.3 Å². The van der Waals surface area contributed by atoms with Crippen LogP contribution >= 0.6 is 0 Å². The summed E-state index contributed by atoms with van der Waals surface area (Å²) in [4.78, 5) is 0. The van der Waals surface area contributed by atoms with Gasteiger partial charge in [-0.3, -0.25) is 0 Å². The van der Waals surface area contributed by atoms with Crippen molar-refractivity contribution in [3.63, 3.8) is 0 Å². The molecule has 0 N–H and O–H groups in total. The van der Waals surface area contributed by atoms with E-state index in [1.54, 1.807) is 0 Å². The highest BCUT2D eigenvalue weighted by Crippen LogP contribution is 2.33. The predicted molar refractivity (Wildman–Crippen MR) is 34.5 cm³/mol. The summed E-state index contributed by atoms with van der Waals surface area (Å²) in [6.07, 6.45) is 11.9. The number of allylic oxidation sites excluding steroid dienone is 4. The zero-order chi connectivity index (χ0) is 5.40. The van der Waals surface area contributed by atoms with Gasteiger partial charge in [-0.25, -0.2) is 0 Å². The highest BCUT2D eigenvalue weighted by molar-refractivity contribution is 5.14. The van der Waals surface area contributed by atoms with E-state index >= 15 is 0 Å². The van der Waals surface area contributed by atoms with Gasteiger partial charge in [-0.1, -0.05) is 24.3 Å². The average Bonchev–Trinajstić information content (AvgIpc) is 2.15. The fraction of sp³-hybridized carbons (Fsp3) is 0.500. The molecule has 0 amide bonds. The Morgan fingerprint density at radius 3 is 1.88 bits per heavy atom. The molecule has 2 atom stereocenters. The van der Waals surface area contributed by atoms with Crippen molar-refractivity contribution in [2.45, 2.75) is 12.8 Å². The Balaban J connectivity index is 2.20. The SMILES string of the molecule is C1=C[C@@H]2CC=C[C@@H]2C1. The fourth-order valence-electron chi connectivity index (χ4n) is 1.61. The van der Waals surface area contributed by atoms with E-state index in [4.69, 9.17) is 0 Å². The molecular weight excluding hydrogens is 96.1 g/mol. The van der Waals surface area contributed by atoms with Gasteiger partial charge in [-0.2, -0.15) is 0 Å². The van der Waals surface area contributed by atoms with Crippen LogP contribution in [0.25, 0.3) is 0 Å². The lowest BCUT2D eigenvalue weighted by molar-refractivity contribution is 0.551. The molecule has 0 aromatic heterocycles. The van der Waals surface area contributed by atoms with Crippen LogP contribution in [-0.4, -0.2) is 0 Å². The van der Waals surface area contributed by atoms with E-state index < -0.39 is 0 Å². The molecular formula is C8H10. The number of hydrogen-bond donors (Lipinski definition) is 0. The zero-order valence-electron chi connectivity index (χ0n) is 4.88. The molecule has 8 heavy (non-hydrogen) atoms. The Morgan fingerprint density at radius 1 is 0.875 bits per heavy atom. The van der Waals surface area contributed by atoms with Gasteiger partial charge in [0.2, 0.25) is 0 Å². The minimum Gasteiger partial charge on any atom is -0.0876 e. The topological polar surface area (TPSA) is 0 Å². The van der Waals surface area contributed by atoms with Crippen LogP contribution < -0.4 is 0 Å². The molecule has 0 spiro atoms. The second kappa shape index (κ2) is 1.48. The quantitative estimate of drug-likeness (QED) is 0.415. The molecule has 0 radical (unpaired) electrons. The minimum atomic E-state index is 0.884. The maximum Gasteiger partial charge on any atom is -0.0133 e. The van der Waals surface area contributed by atoms with Crippen LogP contribution in [0, 0.1) is 11.8 Å². The first-order chi connectivity index (χ1) is 3.97. The predicted octanol–water partition coefficient (Wildman–Crippen LogP) is 2.14. The molecule has 42 valence electrons. The summed E-state index contributed by atoms with van der Waals surface area (Å²) < 4.78 is 0. The van der Waals surface area contributed by atoms with Gasteiger partial charge >= 0.3 is 0 Å². The van der Waals surface area contributed by atoms with Crippen LogP contribution in [-0.2, 0) is 0 Å². The van der Waals surface area contributed by atoms with Gasteiger partial charge in [-0.15, -0.1) is 0 Å². The Morgan fingerprint density at radius 2 is 1.38 bits per heavy atom. The van der Waals surface area contributed by atoms with Gasteiger partial charge in [0.15, 0.2) is 0 Å². The van der Waals surface area contributed by atoms with Gasteiger partial charge in [-0.05, 0) is 24.7 Å². The molecule has 2 aliphatic carbocycles. The van der Waals surface area contributed by atoms with Crippen LogP contribution in [0.1, 0.15) is 12.8 Å². The molecule has 0 fully saturated rings. The molecule has 0 saturated heterocycles. The van der Waals surface area contributed by atoms with Gasteiger partial charge < -0.3 is 0 Å². The Kier molecular flexibility index (Phi) is 0.806. The lowest BCUT2D eigenvalue weighted by atomic mass is 10.0. The summed E-state index contributed by atoms with van der Waals surface area (Å²) >= 11 is 0. The first-order valence-corrected chi connectivity index (χ1v) is 3.30. The molecule has 0 heteroatoms. The molecule has 0 nitrogen and oxygen atoms in total. The van der Waals surface area contributed by atoms with Crippen LogP contribution in [0.5, 0.6) is 0 Å². The summed E-state index contributed by atoms with van der Waals surface area (Å²) in [6.45, 7) is 0. The summed E-state index contributed by atoms with van der Waals surface area (Å²) in [5.74, 6) is 1.77. The third kappa shape index (κ3) is 0.459. The molecule has 0 saturated carbocycles. The molecule has 0 aromatic rings. The normalized spacial score (nSPS) is 41.0. The van der Waals surface area contributed by atoms with E-state index in [0.717, 1.165) is 11.8 Å². The molecule has 0 heterocycles. The maximum absolute atomic E-state index is 2.35. The summed E-state index contributed by atoms with van der Waals surface area (Å²) in [7, 11) is 0. The first-order valence-electron chi connectivity index (χ1n) is 3.30. The number of rotatable bonds is 0. The third-order valence-electron chi connectivity index (χ3n) is 2.13. The van der Waals surface area contributed by atoms with E-state index in [2.05, 4.69) is 24.3 Å². The highest BCUT2D eigenvalue weighted by Gasteiger charge is 2.22. The lowest BCUT2D eigenvalue weighted by Crippen LogP contribution is -1.96. The van der Waals surface area contributed by atoms with Crippen molar-refractivity contribution in [3.05, 3.63) is 24.3 Å². The Labute approximate surface area is 49.9 Å². The average molecular weight is 106 g/mol. The first kappa shape index (κ1) is 4.37. The van der Waals surface area contributed by atoms with Gasteiger partial charge in [0.05, 0.1) is 0 Å². The molecule has 0 bridgehead atoms. The van der Waals surface area contributed by atoms with Crippen LogP contribution in [0.2, 0.25) is 0 Å². The van der Waals surface area contributed by atoms with Crippen LogP contribution in [0.3, 0.4) is 0 Å². The maximum atomic E-state index is 2.35. The van der Waals surface area contributed by atoms with Gasteiger partial charge in [0, 0.05) is 0 Å². The van der Waals surface area contributed by atoms with Crippen LogP contribution in [0.4, 0.5) is 0 Å². The van der Waals surface area contributed by atoms with Gasteiger partial charge in [0.1, 0.15) is 0 Å². The second-order valence-electron chi connectivity index (χ2n) is 2.66. The van der Waals surface area contributed by atoms with E-state index in [1.165, 1.54) is 12.8 Å². The highest BCUT2D eigenvalue weighted by atomic mass is 14.3. The van der Waals surface area contributed by atoms with Crippen molar-refractivity contribution in [3.8, 4) is 0 Å². The lowest BCUT2D eigenvalue weighted by Gasteiger charge is -2.04. The minimum absolute atomic E-state index is 0.884.